The lowest BCUT2D eigenvalue weighted by atomic mass is 10.1. The van der Waals surface area contributed by atoms with Crippen molar-refractivity contribution in [1.82, 2.24) is 15.1 Å². The molecule has 6 heteroatoms. The molecule has 1 rings (SSSR count). The average molecular weight is 418 g/mol. The number of amides is 1. The molecule has 124 valence electrons. The van der Waals surface area contributed by atoms with Crippen LogP contribution < -0.4 is 5.32 Å². The molecule has 0 heterocycles. The minimum atomic E-state index is 0. The van der Waals surface area contributed by atoms with E-state index >= 15 is 0 Å². The number of hydrogen-bond donors (Lipinski definition) is 1. The number of aliphatic imine (C=N–C) groups is 1. The first-order chi connectivity index (χ1) is 9.95. The van der Waals surface area contributed by atoms with Crippen molar-refractivity contribution in [2.75, 3.05) is 41.3 Å². The largest absolute Gasteiger partial charge is 0.357 e. The lowest BCUT2D eigenvalue weighted by Gasteiger charge is -2.16. The van der Waals surface area contributed by atoms with Crippen molar-refractivity contribution in [3.63, 3.8) is 0 Å². The summed E-state index contributed by atoms with van der Waals surface area (Å²) in [6.45, 7) is 3.60. The summed E-state index contributed by atoms with van der Waals surface area (Å²) in [4.78, 5) is 20.0. The molecule has 0 radical (unpaired) electrons. The molecule has 0 saturated heterocycles. The molecule has 1 amide bonds. The average Bonchev–Trinajstić information content (AvgIpc) is 2.45. The zero-order chi connectivity index (χ0) is 15.8. The number of guanidine groups is 1. The number of rotatable bonds is 5. The van der Waals surface area contributed by atoms with Gasteiger partial charge < -0.3 is 15.1 Å². The van der Waals surface area contributed by atoms with Gasteiger partial charge in [-0.3, -0.25) is 9.79 Å². The molecule has 0 bridgehead atoms. The Kier molecular flexibility index (Phi) is 9.80. The minimum Gasteiger partial charge on any atom is -0.357 e. The van der Waals surface area contributed by atoms with Crippen LogP contribution >= 0.6 is 24.0 Å². The van der Waals surface area contributed by atoms with Gasteiger partial charge in [0, 0.05) is 46.8 Å². The second-order valence-corrected chi connectivity index (χ2v) is 5.28. The minimum absolute atomic E-state index is 0. The number of carbonyl (C=O) groups excluding carboxylic acids is 1. The van der Waals surface area contributed by atoms with Crippen LogP contribution in [0.25, 0.3) is 0 Å². The molecular formula is C16H27IN4O. The first kappa shape index (κ1) is 20.7. The van der Waals surface area contributed by atoms with Crippen molar-refractivity contribution in [2.24, 2.45) is 4.99 Å². The predicted octanol–water partition coefficient (Wildman–Crippen LogP) is 2.08. The molecule has 5 nitrogen and oxygen atoms in total. The Morgan fingerprint density at radius 1 is 1.18 bits per heavy atom. The van der Waals surface area contributed by atoms with Gasteiger partial charge in [0.25, 0.3) is 5.91 Å². The van der Waals surface area contributed by atoms with Gasteiger partial charge in [-0.25, -0.2) is 0 Å². The summed E-state index contributed by atoms with van der Waals surface area (Å²) >= 11 is 0. The van der Waals surface area contributed by atoms with Gasteiger partial charge in [0.05, 0.1) is 0 Å². The number of nitrogens with zero attached hydrogens (tertiary/aromatic N) is 3. The van der Waals surface area contributed by atoms with Gasteiger partial charge in [-0.2, -0.15) is 0 Å². The summed E-state index contributed by atoms with van der Waals surface area (Å²) in [5.41, 5.74) is 1.85. The van der Waals surface area contributed by atoms with E-state index in [4.69, 9.17) is 0 Å². The first-order valence-corrected chi connectivity index (χ1v) is 7.22. The SMILES string of the molecule is CCNC(=NCCc1cccc(C(=O)N(C)C)c1)N(C)C.I. The van der Waals surface area contributed by atoms with E-state index in [2.05, 4.69) is 17.2 Å². The molecule has 0 aliphatic rings. The third-order valence-corrected chi connectivity index (χ3v) is 3.00. The molecule has 0 saturated carbocycles. The van der Waals surface area contributed by atoms with Crippen molar-refractivity contribution in [1.29, 1.82) is 0 Å². The molecule has 0 aromatic heterocycles. The first-order valence-electron chi connectivity index (χ1n) is 7.22. The summed E-state index contributed by atoms with van der Waals surface area (Å²) in [7, 11) is 7.47. The standard InChI is InChI=1S/C16H26N4O.HI/c1-6-17-16(20(4)5)18-11-10-13-8-7-9-14(12-13)15(21)19(2)3;/h7-9,12H,6,10-11H2,1-5H3,(H,17,18);1H. The smallest absolute Gasteiger partial charge is 0.253 e. The van der Waals surface area contributed by atoms with E-state index < -0.39 is 0 Å². The van der Waals surface area contributed by atoms with E-state index in [1.807, 2.05) is 43.3 Å². The van der Waals surface area contributed by atoms with E-state index in [0.717, 1.165) is 30.1 Å². The lowest BCUT2D eigenvalue weighted by Crippen LogP contribution is -2.36. The highest BCUT2D eigenvalue weighted by molar-refractivity contribution is 14.0. The van der Waals surface area contributed by atoms with Crippen LogP contribution in [0.5, 0.6) is 0 Å². The fourth-order valence-corrected chi connectivity index (χ4v) is 1.92. The normalized spacial score (nSPS) is 10.7. The second kappa shape index (κ2) is 10.4. The van der Waals surface area contributed by atoms with E-state index in [0.29, 0.717) is 6.54 Å². The highest BCUT2D eigenvalue weighted by atomic mass is 127. The van der Waals surface area contributed by atoms with Crippen molar-refractivity contribution in [3.8, 4) is 0 Å². The van der Waals surface area contributed by atoms with Gasteiger partial charge in [-0.05, 0) is 31.0 Å². The number of benzene rings is 1. The zero-order valence-corrected chi connectivity index (χ0v) is 16.4. The highest BCUT2D eigenvalue weighted by Gasteiger charge is 2.08. The molecule has 0 aliphatic carbocycles. The van der Waals surface area contributed by atoms with Crippen molar-refractivity contribution in [3.05, 3.63) is 35.4 Å². The quantitative estimate of drug-likeness (QED) is 0.453. The maximum atomic E-state index is 11.9. The fraction of sp³-hybridized carbons (Fsp3) is 0.500. The van der Waals surface area contributed by atoms with Gasteiger partial charge >= 0.3 is 0 Å². The Morgan fingerprint density at radius 3 is 2.41 bits per heavy atom. The monoisotopic (exact) mass is 418 g/mol. The fourth-order valence-electron chi connectivity index (χ4n) is 1.92. The molecular weight excluding hydrogens is 391 g/mol. The Bertz CT molecular complexity index is 501. The topological polar surface area (TPSA) is 47.9 Å². The Balaban J connectivity index is 0.00000441. The summed E-state index contributed by atoms with van der Waals surface area (Å²) in [5, 5.41) is 3.23. The van der Waals surface area contributed by atoms with E-state index in [1.54, 1.807) is 19.0 Å². The molecule has 1 N–H and O–H groups in total. The van der Waals surface area contributed by atoms with Gasteiger partial charge in [0.1, 0.15) is 0 Å². The maximum Gasteiger partial charge on any atom is 0.253 e. The van der Waals surface area contributed by atoms with Crippen molar-refractivity contribution in [2.45, 2.75) is 13.3 Å². The van der Waals surface area contributed by atoms with Crippen LogP contribution in [0.15, 0.2) is 29.3 Å². The lowest BCUT2D eigenvalue weighted by molar-refractivity contribution is 0.0827. The third kappa shape index (κ3) is 6.64. The molecule has 0 fully saturated rings. The Hall–Kier alpha value is -1.31. The van der Waals surface area contributed by atoms with Gasteiger partial charge in [-0.1, -0.05) is 12.1 Å². The van der Waals surface area contributed by atoms with Gasteiger partial charge in [-0.15, -0.1) is 24.0 Å². The maximum absolute atomic E-state index is 11.9. The number of nitrogens with one attached hydrogen (secondary N) is 1. The van der Waals surface area contributed by atoms with Gasteiger partial charge in [0.15, 0.2) is 5.96 Å². The number of halogens is 1. The highest BCUT2D eigenvalue weighted by Crippen LogP contribution is 2.08. The van der Waals surface area contributed by atoms with Crippen LogP contribution in [0, 0.1) is 0 Å². The van der Waals surface area contributed by atoms with Crippen LogP contribution in [0.1, 0.15) is 22.8 Å². The molecule has 0 spiro atoms. The number of carbonyl (C=O) groups is 1. The summed E-state index contributed by atoms with van der Waals surface area (Å²) in [6.07, 6.45) is 0.817. The van der Waals surface area contributed by atoms with Crippen LogP contribution in [0.4, 0.5) is 0 Å². The summed E-state index contributed by atoms with van der Waals surface area (Å²) in [5.74, 6) is 0.917. The summed E-state index contributed by atoms with van der Waals surface area (Å²) in [6, 6.07) is 7.75. The van der Waals surface area contributed by atoms with Crippen LogP contribution in [0.2, 0.25) is 0 Å². The second-order valence-electron chi connectivity index (χ2n) is 5.28. The van der Waals surface area contributed by atoms with Crippen LogP contribution in [-0.2, 0) is 6.42 Å². The van der Waals surface area contributed by atoms with Crippen molar-refractivity contribution < 1.29 is 4.79 Å². The summed E-state index contributed by atoms with van der Waals surface area (Å²) < 4.78 is 0. The van der Waals surface area contributed by atoms with E-state index in [9.17, 15) is 4.79 Å². The van der Waals surface area contributed by atoms with Crippen molar-refractivity contribution >= 4 is 35.8 Å². The molecule has 0 aliphatic heterocycles. The Morgan fingerprint density at radius 2 is 1.86 bits per heavy atom. The molecule has 0 unspecified atom stereocenters. The van der Waals surface area contributed by atoms with Crippen LogP contribution in [-0.4, -0.2) is 62.9 Å². The molecule has 1 aromatic carbocycles. The number of hydrogen-bond acceptors (Lipinski definition) is 2. The molecule has 0 atom stereocenters. The van der Waals surface area contributed by atoms with E-state index in [-0.39, 0.29) is 29.9 Å². The Labute approximate surface area is 150 Å². The predicted molar refractivity (Wildman–Crippen MR) is 103 cm³/mol. The molecule has 1 aromatic rings. The van der Waals surface area contributed by atoms with Gasteiger partial charge in [0.2, 0.25) is 0 Å². The zero-order valence-electron chi connectivity index (χ0n) is 14.1. The molecule has 22 heavy (non-hydrogen) atoms. The third-order valence-electron chi connectivity index (χ3n) is 3.00. The van der Waals surface area contributed by atoms with Crippen LogP contribution in [0.3, 0.4) is 0 Å². The van der Waals surface area contributed by atoms with E-state index in [1.165, 1.54) is 0 Å².